The van der Waals surface area contributed by atoms with Crippen LogP contribution in [0.5, 0.6) is 0 Å². The van der Waals surface area contributed by atoms with Crippen molar-refractivity contribution in [1.82, 2.24) is 19.9 Å². The Morgan fingerprint density at radius 2 is 1.18 bits per heavy atom. The van der Waals surface area contributed by atoms with Crippen LogP contribution in [-0.4, -0.2) is 19.9 Å². The lowest BCUT2D eigenvalue weighted by atomic mass is 9.86. The summed E-state index contributed by atoms with van der Waals surface area (Å²) in [7, 11) is 0. The number of halogens is 2. The molecule has 6 N–H and O–H groups in total. The molecule has 0 spiro atoms. The highest BCUT2D eigenvalue weighted by atomic mass is 35.5. The molecule has 2 aliphatic heterocycles. The second-order valence-electron chi connectivity index (χ2n) is 9.56. The molecule has 2 atom stereocenters. The summed E-state index contributed by atoms with van der Waals surface area (Å²) in [5, 5.41) is 8.13. The van der Waals surface area contributed by atoms with Crippen LogP contribution < -0.4 is 21.8 Å². The molecule has 40 heavy (non-hydrogen) atoms. The molecule has 3 aromatic carbocycles. The normalized spacial score (nSPS) is 16.6. The van der Waals surface area contributed by atoms with Crippen LogP contribution in [0.2, 0.25) is 10.0 Å². The molecule has 0 fully saturated rings. The van der Waals surface area contributed by atoms with E-state index in [0.717, 1.165) is 33.6 Å². The fraction of sp³-hybridized carbons (Fsp3) is 0.0714. The van der Waals surface area contributed by atoms with Crippen molar-refractivity contribution in [3.05, 3.63) is 123 Å². The molecule has 5 aromatic rings. The first kappa shape index (κ1) is 25.0. The van der Waals surface area contributed by atoms with Crippen molar-refractivity contribution in [2.75, 3.05) is 10.6 Å². The minimum absolute atomic E-state index is 0.209. The second-order valence-corrected chi connectivity index (χ2v) is 11.2. The van der Waals surface area contributed by atoms with Gasteiger partial charge in [-0.2, -0.15) is 0 Å². The van der Waals surface area contributed by atoms with Crippen LogP contribution in [0.25, 0.3) is 22.5 Å². The van der Waals surface area contributed by atoms with Crippen LogP contribution in [0.4, 0.5) is 11.4 Å². The van der Waals surface area contributed by atoms with Crippen molar-refractivity contribution in [2.24, 2.45) is 0 Å². The van der Waals surface area contributed by atoms with E-state index < -0.39 is 12.1 Å². The van der Waals surface area contributed by atoms with Gasteiger partial charge in [0.15, 0.2) is 9.54 Å². The van der Waals surface area contributed by atoms with Crippen LogP contribution in [0.3, 0.4) is 0 Å². The molecular weight excluding hydrogens is 587 g/mol. The van der Waals surface area contributed by atoms with Gasteiger partial charge in [0.05, 0.1) is 34.6 Å². The Morgan fingerprint density at radius 3 is 1.75 bits per heavy atom. The fourth-order valence-corrected chi connectivity index (χ4v) is 6.28. The molecule has 8 nitrogen and oxygen atoms in total. The molecule has 12 heteroatoms. The van der Waals surface area contributed by atoms with Crippen LogP contribution in [0.15, 0.2) is 70.3 Å². The van der Waals surface area contributed by atoms with E-state index in [1.165, 1.54) is 0 Å². The van der Waals surface area contributed by atoms with Gasteiger partial charge in [-0.1, -0.05) is 53.5 Å². The first-order valence-corrected chi connectivity index (χ1v) is 13.8. The van der Waals surface area contributed by atoms with E-state index in [9.17, 15) is 9.59 Å². The first-order chi connectivity index (χ1) is 19.3. The third-order valence-corrected chi connectivity index (χ3v) is 8.26. The topological polar surface area (TPSA) is 121 Å². The van der Waals surface area contributed by atoms with Gasteiger partial charge < -0.3 is 20.6 Å². The van der Waals surface area contributed by atoms with E-state index in [0.29, 0.717) is 32.6 Å². The smallest absolute Gasteiger partial charge is 0.257 e. The Labute approximate surface area is 246 Å². The molecular formula is C28H18Cl2N6O2S2. The maximum atomic E-state index is 13.3. The number of hydrogen-bond acceptors (Lipinski definition) is 6. The summed E-state index contributed by atoms with van der Waals surface area (Å²) >= 11 is 23.4. The van der Waals surface area contributed by atoms with E-state index in [4.69, 9.17) is 47.6 Å². The van der Waals surface area contributed by atoms with Gasteiger partial charge in [0.2, 0.25) is 0 Å². The molecule has 0 aliphatic carbocycles. The highest BCUT2D eigenvalue weighted by Crippen LogP contribution is 2.48. The third-order valence-electron chi connectivity index (χ3n) is 7.25. The Kier molecular flexibility index (Phi) is 5.83. The molecule has 4 heterocycles. The molecule has 0 amide bonds. The number of fused-ring (bicyclic) bond motifs is 6. The highest BCUT2D eigenvalue weighted by Gasteiger charge is 2.34. The Hall–Kier alpha value is -3.96. The molecule has 7 rings (SSSR count). The highest BCUT2D eigenvalue weighted by molar-refractivity contribution is 7.71. The third kappa shape index (κ3) is 3.95. The second kappa shape index (κ2) is 9.31. The molecule has 2 aliphatic rings. The Bertz CT molecular complexity index is 2100. The predicted octanol–water partition coefficient (Wildman–Crippen LogP) is 6.85. The van der Waals surface area contributed by atoms with Gasteiger partial charge in [-0.05, 0) is 65.9 Å². The average Bonchev–Trinajstić information content (AvgIpc) is 2.92. The summed E-state index contributed by atoms with van der Waals surface area (Å²) in [5.41, 5.74) is 6.09. The van der Waals surface area contributed by atoms with E-state index in [2.05, 4.69) is 30.6 Å². The predicted molar refractivity (Wildman–Crippen MR) is 163 cm³/mol. The maximum Gasteiger partial charge on any atom is 0.257 e. The van der Waals surface area contributed by atoms with Gasteiger partial charge >= 0.3 is 0 Å². The Balaban J connectivity index is 1.49. The van der Waals surface area contributed by atoms with Crippen LogP contribution in [0, 0.1) is 9.54 Å². The molecule has 0 saturated carbocycles. The van der Waals surface area contributed by atoms with Crippen LogP contribution in [0.1, 0.15) is 34.3 Å². The van der Waals surface area contributed by atoms with E-state index in [-0.39, 0.29) is 20.7 Å². The van der Waals surface area contributed by atoms with Gasteiger partial charge in [-0.25, -0.2) is 0 Å². The summed E-state index contributed by atoms with van der Waals surface area (Å²) in [4.78, 5) is 38.3. The monoisotopic (exact) mass is 604 g/mol. The van der Waals surface area contributed by atoms with E-state index >= 15 is 0 Å². The number of H-pyrrole nitrogens is 4. The van der Waals surface area contributed by atoms with Gasteiger partial charge in [0.25, 0.3) is 11.1 Å². The molecule has 2 unspecified atom stereocenters. The number of hydrogen-bond donors (Lipinski definition) is 6. The quantitative estimate of drug-likeness (QED) is 0.123. The van der Waals surface area contributed by atoms with Crippen LogP contribution in [-0.2, 0) is 0 Å². The number of nitrogens with one attached hydrogen (secondary N) is 6. The fourth-order valence-electron chi connectivity index (χ4n) is 5.52. The average molecular weight is 606 g/mol. The SMILES string of the molecule is O=c1[nH]c(=S)[nH]c2c1C(c1ccc(Cl)cc1)Nc1cc3c(cc1-2)NC(c1ccccc1Cl)c1c-3[nH]c(=S)[nH]c1=O. The minimum atomic E-state index is -0.555. The standard InChI is InChI=1S/C28H18Cl2N6O2S2/c29-12-7-5-11(6-8-12)21-19-23(33-27(39)35-25(19)37)14-10-18-15(9-17(14)31-21)24-20(26(38)36-28(40)34-24)22(32-18)13-3-1-2-4-16(13)30/h1-10,21-22,31-32H,(H2,33,35,37,39)(H2,34,36,38,40). The lowest BCUT2D eigenvalue weighted by Gasteiger charge is -2.33. The number of benzene rings is 3. The molecule has 0 radical (unpaired) electrons. The maximum absolute atomic E-state index is 13.3. The zero-order valence-corrected chi connectivity index (χ0v) is 23.5. The van der Waals surface area contributed by atoms with Gasteiger partial charge in [-0.15, -0.1) is 0 Å². The zero-order chi connectivity index (χ0) is 27.7. The zero-order valence-electron chi connectivity index (χ0n) is 20.3. The lowest BCUT2D eigenvalue weighted by Crippen LogP contribution is -2.30. The largest absolute Gasteiger partial charge is 0.373 e. The van der Waals surface area contributed by atoms with Gasteiger partial charge in [0.1, 0.15) is 0 Å². The number of anilines is 2. The van der Waals surface area contributed by atoms with E-state index in [1.54, 1.807) is 18.2 Å². The van der Waals surface area contributed by atoms with Crippen molar-refractivity contribution >= 4 is 59.0 Å². The molecule has 198 valence electrons. The number of rotatable bonds is 2. The van der Waals surface area contributed by atoms with Gasteiger partial charge in [-0.3, -0.25) is 19.6 Å². The number of aromatic amines is 4. The molecule has 2 aromatic heterocycles. The molecule has 0 saturated heterocycles. The summed E-state index contributed by atoms with van der Waals surface area (Å²) < 4.78 is 0.423. The van der Waals surface area contributed by atoms with Crippen molar-refractivity contribution < 1.29 is 0 Å². The summed E-state index contributed by atoms with van der Waals surface area (Å²) in [5.74, 6) is 0. The molecule has 0 bridgehead atoms. The van der Waals surface area contributed by atoms with Crippen molar-refractivity contribution in [3.63, 3.8) is 0 Å². The Morgan fingerprint density at radius 1 is 0.650 bits per heavy atom. The minimum Gasteiger partial charge on any atom is -0.373 e. The summed E-state index contributed by atoms with van der Waals surface area (Å²) in [6.45, 7) is 0. The van der Waals surface area contributed by atoms with Crippen molar-refractivity contribution in [3.8, 4) is 22.5 Å². The van der Waals surface area contributed by atoms with E-state index in [1.807, 2.05) is 42.5 Å². The number of aromatic nitrogens is 4. The van der Waals surface area contributed by atoms with Gasteiger partial charge in [0, 0.05) is 32.5 Å². The summed E-state index contributed by atoms with van der Waals surface area (Å²) in [6.07, 6.45) is 0. The first-order valence-electron chi connectivity index (χ1n) is 12.2. The summed E-state index contributed by atoms with van der Waals surface area (Å²) in [6, 6.07) is 17.5. The van der Waals surface area contributed by atoms with Crippen molar-refractivity contribution in [2.45, 2.75) is 12.1 Å². The van der Waals surface area contributed by atoms with Crippen molar-refractivity contribution in [1.29, 1.82) is 0 Å². The lowest BCUT2D eigenvalue weighted by molar-refractivity contribution is 0.866. The van der Waals surface area contributed by atoms with Crippen LogP contribution >= 0.6 is 47.6 Å².